The first-order valence-corrected chi connectivity index (χ1v) is 10.7. The normalized spacial score (nSPS) is 20.0. The maximum atomic E-state index is 14.4. The molecule has 170 valence electrons. The van der Waals surface area contributed by atoms with Crippen LogP contribution in [0.4, 0.5) is 9.18 Å². The molecular weight excluding hydrogens is 425 g/mol. The first kappa shape index (κ1) is 23.5. The number of alkyl carbamates (subject to hydrolysis) is 1. The molecule has 0 saturated carbocycles. The molecule has 1 aromatic heterocycles. The van der Waals surface area contributed by atoms with E-state index in [-0.39, 0.29) is 11.6 Å². The lowest BCUT2D eigenvalue weighted by molar-refractivity contribution is 0.0204. The number of carbonyl (C=O) groups excluding carboxylic acids is 1. The van der Waals surface area contributed by atoms with Crippen LogP contribution in [0.1, 0.15) is 32.8 Å². The quantitative estimate of drug-likeness (QED) is 0.720. The van der Waals surface area contributed by atoms with Crippen molar-refractivity contribution in [1.82, 2.24) is 15.2 Å². The topological polar surface area (TPSA) is 83.9 Å². The van der Waals surface area contributed by atoms with E-state index in [1.165, 1.54) is 19.4 Å². The van der Waals surface area contributed by atoms with Crippen LogP contribution in [0.15, 0.2) is 18.3 Å². The zero-order valence-corrected chi connectivity index (χ0v) is 19.0. The molecule has 0 aliphatic carbocycles. The fraction of sp³-hybridized carbons (Fsp3) is 0.545. The van der Waals surface area contributed by atoms with Gasteiger partial charge in [-0.05, 0) is 45.2 Å². The third-order valence-corrected chi connectivity index (χ3v) is 5.56. The standard InChI is InChI=1S/C22H29ClFN3O4/c1-22(2,3)31-21(29)26-18-6-8-27(12-19(18)28)7-5-14-15-9-13(30-4)10-17(24)20(15)25-11-16(14)23/h9-11,18-19,28H,5-8,12H2,1-4H3,(H,26,29)/t18-,19+/m1/s1. The van der Waals surface area contributed by atoms with Gasteiger partial charge in [-0.1, -0.05) is 11.6 Å². The highest BCUT2D eigenvalue weighted by Crippen LogP contribution is 2.30. The van der Waals surface area contributed by atoms with Crippen LogP contribution in [0.5, 0.6) is 5.75 Å². The van der Waals surface area contributed by atoms with Crippen molar-refractivity contribution in [1.29, 1.82) is 0 Å². The van der Waals surface area contributed by atoms with Gasteiger partial charge in [-0.2, -0.15) is 0 Å². The Labute approximate surface area is 186 Å². The van der Waals surface area contributed by atoms with E-state index in [4.69, 9.17) is 21.1 Å². The Morgan fingerprint density at radius 3 is 2.81 bits per heavy atom. The number of aliphatic hydroxyl groups is 1. The summed E-state index contributed by atoms with van der Waals surface area (Å²) in [5, 5.41) is 14.3. The molecule has 1 fully saturated rings. The van der Waals surface area contributed by atoms with Crippen LogP contribution in [0.2, 0.25) is 5.02 Å². The number of ether oxygens (including phenoxy) is 2. The minimum absolute atomic E-state index is 0.250. The van der Waals surface area contributed by atoms with Gasteiger partial charge in [0.2, 0.25) is 0 Å². The van der Waals surface area contributed by atoms with Crippen LogP contribution in [-0.4, -0.2) is 65.6 Å². The molecule has 2 atom stereocenters. The third kappa shape index (κ3) is 5.96. The number of likely N-dealkylation sites (tertiary alicyclic amines) is 1. The van der Waals surface area contributed by atoms with Crippen LogP contribution >= 0.6 is 11.6 Å². The number of benzene rings is 1. The highest BCUT2D eigenvalue weighted by atomic mass is 35.5. The number of rotatable bonds is 5. The predicted octanol–water partition coefficient (Wildman–Crippen LogP) is 3.54. The van der Waals surface area contributed by atoms with Gasteiger partial charge in [0.05, 0.1) is 24.3 Å². The smallest absolute Gasteiger partial charge is 0.407 e. The van der Waals surface area contributed by atoms with Gasteiger partial charge in [0.1, 0.15) is 16.9 Å². The summed E-state index contributed by atoms with van der Waals surface area (Å²) in [6.07, 6.45) is 1.36. The minimum Gasteiger partial charge on any atom is -0.497 e. The average Bonchev–Trinajstić information content (AvgIpc) is 2.67. The second kappa shape index (κ2) is 9.54. The lowest BCUT2D eigenvalue weighted by atomic mass is 10.0. The number of pyridine rings is 1. The van der Waals surface area contributed by atoms with E-state index >= 15 is 0 Å². The first-order valence-electron chi connectivity index (χ1n) is 10.3. The highest BCUT2D eigenvalue weighted by Gasteiger charge is 2.30. The Balaban J connectivity index is 1.64. The number of aliphatic hydroxyl groups excluding tert-OH is 1. The lowest BCUT2D eigenvalue weighted by Gasteiger charge is -2.36. The first-order chi connectivity index (χ1) is 14.6. The van der Waals surface area contributed by atoms with Crippen molar-refractivity contribution >= 4 is 28.6 Å². The molecule has 1 aliphatic rings. The summed E-state index contributed by atoms with van der Waals surface area (Å²) in [6.45, 7) is 7.09. The molecule has 0 unspecified atom stereocenters. The molecule has 0 radical (unpaired) electrons. The van der Waals surface area contributed by atoms with Crippen molar-refractivity contribution in [2.24, 2.45) is 0 Å². The number of halogens is 2. The Morgan fingerprint density at radius 1 is 1.42 bits per heavy atom. The second-order valence-corrected chi connectivity index (χ2v) is 9.16. The van der Waals surface area contributed by atoms with E-state index < -0.39 is 23.6 Å². The number of amides is 1. The Bertz CT molecular complexity index is 950. The van der Waals surface area contributed by atoms with Crippen molar-refractivity contribution in [3.05, 3.63) is 34.7 Å². The molecule has 1 aliphatic heterocycles. The van der Waals surface area contributed by atoms with Crippen molar-refractivity contribution in [3.63, 3.8) is 0 Å². The summed E-state index contributed by atoms with van der Waals surface area (Å²) < 4.78 is 24.8. The third-order valence-electron chi connectivity index (χ3n) is 5.24. The number of piperidine rings is 1. The van der Waals surface area contributed by atoms with E-state index in [1.807, 2.05) is 0 Å². The van der Waals surface area contributed by atoms with Crippen molar-refractivity contribution < 1.29 is 23.8 Å². The Morgan fingerprint density at radius 2 is 2.16 bits per heavy atom. The lowest BCUT2D eigenvalue weighted by Crippen LogP contribution is -2.54. The van der Waals surface area contributed by atoms with Crippen LogP contribution in [0, 0.1) is 5.82 Å². The predicted molar refractivity (Wildman–Crippen MR) is 117 cm³/mol. The van der Waals surface area contributed by atoms with Crippen molar-refractivity contribution in [3.8, 4) is 5.75 Å². The van der Waals surface area contributed by atoms with E-state index in [0.717, 1.165) is 5.56 Å². The number of nitrogens with zero attached hydrogens (tertiary/aromatic N) is 2. The second-order valence-electron chi connectivity index (χ2n) is 8.75. The molecular formula is C22H29ClFN3O4. The van der Waals surface area contributed by atoms with Crippen molar-refractivity contribution in [2.45, 2.75) is 51.4 Å². The fourth-order valence-electron chi connectivity index (χ4n) is 3.73. The number of carbonyl (C=O) groups is 1. The van der Waals surface area contributed by atoms with Crippen LogP contribution in [-0.2, 0) is 11.2 Å². The molecule has 1 saturated heterocycles. The van der Waals surface area contributed by atoms with E-state index in [1.54, 1.807) is 26.8 Å². The SMILES string of the molecule is COc1cc(F)c2ncc(Cl)c(CCN3CC[C@@H](NC(=O)OC(C)(C)C)[C@@H](O)C3)c2c1. The van der Waals surface area contributed by atoms with E-state index in [2.05, 4.69) is 15.2 Å². The molecule has 7 nitrogen and oxygen atoms in total. The van der Waals surface area contributed by atoms with Gasteiger partial charge in [0, 0.05) is 37.3 Å². The Kier molecular flexibility index (Phi) is 7.24. The Hall–Kier alpha value is -2.16. The number of methoxy groups -OCH3 is 1. The molecule has 3 rings (SSSR count). The zero-order valence-electron chi connectivity index (χ0n) is 18.2. The van der Waals surface area contributed by atoms with Gasteiger partial charge in [-0.25, -0.2) is 9.18 Å². The zero-order chi connectivity index (χ0) is 22.8. The molecule has 2 aromatic rings. The number of aromatic nitrogens is 1. The molecule has 1 amide bonds. The summed E-state index contributed by atoms with van der Waals surface area (Å²) in [5.41, 5.74) is 0.443. The number of β-amino-alcohol motifs (C(OH)–C–C–N with tert-alkyl or cyclic N) is 1. The van der Waals surface area contributed by atoms with Crippen molar-refractivity contribution in [2.75, 3.05) is 26.7 Å². The van der Waals surface area contributed by atoms with Gasteiger partial charge in [-0.3, -0.25) is 4.98 Å². The number of hydrogen-bond acceptors (Lipinski definition) is 6. The summed E-state index contributed by atoms with van der Waals surface area (Å²) in [6, 6.07) is 2.67. The summed E-state index contributed by atoms with van der Waals surface area (Å²) in [5.74, 6) is -0.0588. The van der Waals surface area contributed by atoms with Gasteiger partial charge in [0.15, 0.2) is 5.82 Å². The molecule has 2 heterocycles. The minimum atomic E-state index is -0.719. The van der Waals surface area contributed by atoms with Gasteiger partial charge in [0.25, 0.3) is 0 Å². The molecule has 9 heteroatoms. The summed E-state index contributed by atoms with van der Waals surface area (Å²) in [7, 11) is 1.48. The monoisotopic (exact) mass is 453 g/mol. The molecule has 31 heavy (non-hydrogen) atoms. The summed E-state index contributed by atoms with van der Waals surface area (Å²) in [4.78, 5) is 18.2. The number of nitrogens with one attached hydrogen (secondary N) is 1. The van der Waals surface area contributed by atoms with Crippen LogP contribution in [0.25, 0.3) is 10.9 Å². The molecule has 1 aromatic carbocycles. The van der Waals surface area contributed by atoms with Crippen LogP contribution in [0.3, 0.4) is 0 Å². The fourth-order valence-corrected chi connectivity index (χ4v) is 3.98. The van der Waals surface area contributed by atoms with E-state index in [0.29, 0.717) is 48.6 Å². The molecule has 2 N–H and O–H groups in total. The maximum absolute atomic E-state index is 14.4. The number of fused-ring (bicyclic) bond motifs is 1. The maximum Gasteiger partial charge on any atom is 0.407 e. The van der Waals surface area contributed by atoms with E-state index in [9.17, 15) is 14.3 Å². The van der Waals surface area contributed by atoms with Gasteiger partial charge < -0.3 is 24.8 Å². The van der Waals surface area contributed by atoms with Gasteiger partial charge in [-0.15, -0.1) is 0 Å². The molecule has 0 bridgehead atoms. The molecule has 0 spiro atoms. The number of hydrogen-bond donors (Lipinski definition) is 2. The largest absolute Gasteiger partial charge is 0.497 e. The van der Waals surface area contributed by atoms with Crippen LogP contribution < -0.4 is 10.1 Å². The van der Waals surface area contributed by atoms with Gasteiger partial charge >= 0.3 is 6.09 Å². The average molecular weight is 454 g/mol. The highest BCUT2D eigenvalue weighted by molar-refractivity contribution is 6.32. The summed E-state index contributed by atoms with van der Waals surface area (Å²) >= 11 is 6.38.